The molecule has 1 saturated carbocycles. The van der Waals surface area contributed by atoms with Crippen LogP contribution < -0.4 is 10.1 Å². The molecule has 2 aliphatic rings. The number of likely N-dealkylation sites (tertiary alicyclic amines) is 1. The number of halogens is 4. The average molecular weight is 446 g/mol. The maximum Gasteiger partial charge on any atom is 0.573 e. The fourth-order valence-corrected chi connectivity index (χ4v) is 4.17. The van der Waals surface area contributed by atoms with Gasteiger partial charge in [0.1, 0.15) is 17.5 Å². The highest BCUT2D eigenvalue weighted by Gasteiger charge is 2.39. The van der Waals surface area contributed by atoms with Crippen LogP contribution in [0.1, 0.15) is 70.0 Å². The van der Waals surface area contributed by atoms with Gasteiger partial charge in [0.05, 0.1) is 6.04 Å². The molecule has 0 radical (unpaired) electrons. The Morgan fingerprint density at radius 2 is 1.90 bits per heavy atom. The van der Waals surface area contributed by atoms with Gasteiger partial charge < -0.3 is 14.8 Å². The van der Waals surface area contributed by atoms with Crippen molar-refractivity contribution in [1.29, 1.82) is 0 Å². The highest BCUT2D eigenvalue weighted by atomic mass is 19.4. The molecule has 0 unspecified atom stereocenters. The minimum absolute atomic E-state index is 0.0995. The Bertz CT molecular complexity index is 788. The van der Waals surface area contributed by atoms with Crippen molar-refractivity contribution < 1.29 is 31.8 Å². The lowest BCUT2D eigenvalue weighted by molar-refractivity contribution is -0.275. The molecule has 1 saturated heterocycles. The molecule has 0 spiro atoms. The first-order valence-electron chi connectivity index (χ1n) is 10.6. The predicted molar refractivity (Wildman–Crippen MR) is 108 cm³/mol. The number of rotatable bonds is 5. The molecule has 3 rings (SSSR count). The molecule has 31 heavy (non-hydrogen) atoms. The number of hydrogen-bond donors (Lipinski definition) is 1. The monoisotopic (exact) mass is 446 g/mol. The molecule has 0 bridgehead atoms. The Labute approximate surface area is 180 Å². The Hall–Kier alpha value is -2.03. The van der Waals surface area contributed by atoms with E-state index in [9.17, 15) is 22.4 Å². The molecule has 1 heterocycles. The molecule has 1 aliphatic carbocycles. The standard InChI is InChI=1S/C22H30F4N2O3/c1-13(27-20(29)31-21(2,3)4)18-6-5-14(11-19(18)30-22(24,25)26)15-9-17(10-15)28-8-7-16(23)12-28/h5-6,11,13,15-17H,7-10,12H2,1-4H3,(H,27,29)/t13-,15?,16+,17?/m0/s1. The van der Waals surface area contributed by atoms with Gasteiger partial charge in [-0.2, -0.15) is 0 Å². The van der Waals surface area contributed by atoms with E-state index in [2.05, 4.69) is 15.0 Å². The minimum Gasteiger partial charge on any atom is -0.444 e. The fraction of sp³-hybridized carbons (Fsp3) is 0.682. The molecule has 9 heteroatoms. The second kappa shape index (κ2) is 8.84. The van der Waals surface area contributed by atoms with Crippen LogP contribution in [0.15, 0.2) is 18.2 Å². The van der Waals surface area contributed by atoms with Gasteiger partial charge in [-0.05, 0) is 64.5 Å². The number of nitrogens with one attached hydrogen (secondary N) is 1. The summed E-state index contributed by atoms with van der Waals surface area (Å²) in [6.45, 7) is 7.84. The number of ether oxygens (including phenoxy) is 2. The molecule has 1 aromatic rings. The lowest BCUT2D eigenvalue weighted by atomic mass is 9.75. The van der Waals surface area contributed by atoms with Crippen molar-refractivity contribution in [3.63, 3.8) is 0 Å². The van der Waals surface area contributed by atoms with E-state index in [-0.39, 0.29) is 23.3 Å². The molecule has 174 valence electrons. The van der Waals surface area contributed by atoms with E-state index in [1.807, 2.05) is 0 Å². The number of hydrogen-bond acceptors (Lipinski definition) is 4. The molecule has 1 aromatic carbocycles. The lowest BCUT2D eigenvalue weighted by Crippen LogP contribution is -2.42. The quantitative estimate of drug-likeness (QED) is 0.611. The van der Waals surface area contributed by atoms with Crippen LogP contribution in [-0.2, 0) is 4.74 Å². The minimum atomic E-state index is -4.85. The van der Waals surface area contributed by atoms with Crippen molar-refractivity contribution in [2.24, 2.45) is 0 Å². The van der Waals surface area contributed by atoms with Crippen LogP contribution in [0.4, 0.5) is 22.4 Å². The third-order valence-electron chi connectivity index (χ3n) is 5.73. The van der Waals surface area contributed by atoms with Crippen LogP contribution in [0.5, 0.6) is 5.75 Å². The Morgan fingerprint density at radius 3 is 2.45 bits per heavy atom. The number of alkyl carbamates (subject to hydrolysis) is 1. The molecule has 2 atom stereocenters. The molecule has 2 fully saturated rings. The first-order valence-corrected chi connectivity index (χ1v) is 10.6. The molecule has 1 aliphatic heterocycles. The van der Waals surface area contributed by atoms with Gasteiger partial charge in [0.2, 0.25) is 0 Å². The van der Waals surface area contributed by atoms with Crippen LogP contribution in [0, 0.1) is 0 Å². The van der Waals surface area contributed by atoms with Gasteiger partial charge in [0.15, 0.2) is 0 Å². The van der Waals surface area contributed by atoms with E-state index in [4.69, 9.17) is 4.74 Å². The van der Waals surface area contributed by atoms with E-state index >= 15 is 0 Å². The van der Waals surface area contributed by atoms with Crippen LogP contribution in [0.2, 0.25) is 0 Å². The maximum absolute atomic E-state index is 13.4. The van der Waals surface area contributed by atoms with Gasteiger partial charge in [-0.25, -0.2) is 9.18 Å². The van der Waals surface area contributed by atoms with Crippen LogP contribution in [0.3, 0.4) is 0 Å². The topological polar surface area (TPSA) is 50.8 Å². The number of nitrogens with zero attached hydrogens (tertiary/aromatic N) is 1. The Morgan fingerprint density at radius 1 is 1.23 bits per heavy atom. The van der Waals surface area contributed by atoms with E-state index in [0.29, 0.717) is 13.0 Å². The van der Waals surface area contributed by atoms with E-state index in [1.165, 1.54) is 6.07 Å². The number of carbonyl (C=O) groups is 1. The zero-order valence-electron chi connectivity index (χ0n) is 18.3. The Balaban J connectivity index is 1.71. The van der Waals surface area contributed by atoms with Crippen LogP contribution in [0.25, 0.3) is 0 Å². The van der Waals surface area contributed by atoms with Crippen LogP contribution >= 0.6 is 0 Å². The van der Waals surface area contributed by atoms with Gasteiger partial charge in [0, 0.05) is 24.7 Å². The van der Waals surface area contributed by atoms with Crippen molar-refractivity contribution >= 4 is 6.09 Å². The summed E-state index contributed by atoms with van der Waals surface area (Å²) >= 11 is 0. The molecular formula is C22H30F4N2O3. The summed E-state index contributed by atoms with van der Waals surface area (Å²) in [6, 6.07) is 4.25. The first kappa shape index (κ1) is 23.6. The zero-order valence-corrected chi connectivity index (χ0v) is 18.3. The van der Waals surface area contributed by atoms with Gasteiger partial charge in [0.25, 0.3) is 0 Å². The highest BCUT2D eigenvalue weighted by Crippen LogP contribution is 2.43. The third kappa shape index (κ3) is 6.48. The predicted octanol–water partition coefficient (Wildman–Crippen LogP) is 5.46. The summed E-state index contributed by atoms with van der Waals surface area (Å²) in [5, 5.41) is 2.55. The third-order valence-corrected chi connectivity index (χ3v) is 5.73. The summed E-state index contributed by atoms with van der Waals surface area (Å²) in [5.74, 6) is -0.232. The van der Waals surface area contributed by atoms with Gasteiger partial charge in [-0.15, -0.1) is 13.2 Å². The summed E-state index contributed by atoms with van der Waals surface area (Å²) in [4.78, 5) is 14.1. The van der Waals surface area contributed by atoms with Gasteiger partial charge >= 0.3 is 12.5 Å². The lowest BCUT2D eigenvalue weighted by Gasteiger charge is -2.41. The molecule has 1 N–H and O–H groups in total. The number of alkyl halides is 4. The molecular weight excluding hydrogens is 416 g/mol. The van der Waals surface area contributed by atoms with Crippen molar-refractivity contribution in [2.45, 2.75) is 83.1 Å². The van der Waals surface area contributed by atoms with Crippen molar-refractivity contribution in [1.82, 2.24) is 10.2 Å². The highest BCUT2D eigenvalue weighted by molar-refractivity contribution is 5.68. The van der Waals surface area contributed by atoms with E-state index < -0.39 is 30.3 Å². The summed E-state index contributed by atoms with van der Waals surface area (Å²) < 4.78 is 62.0. The summed E-state index contributed by atoms with van der Waals surface area (Å²) in [7, 11) is 0. The summed E-state index contributed by atoms with van der Waals surface area (Å²) in [6.07, 6.45) is -4.26. The molecule has 0 aromatic heterocycles. The van der Waals surface area contributed by atoms with Gasteiger partial charge in [-0.1, -0.05) is 12.1 Å². The maximum atomic E-state index is 13.4. The van der Waals surface area contributed by atoms with Crippen molar-refractivity contribution in [3.05, 3.63) is 29.3 Å². The van der Waals surface area contributed by atoms with Crippen LogP contribution in [-0.4, -0.2) is 48.3 Å². The second-order valence-corrected chi connectivity index (χ2v) is 9.42. The zero-order chi connectivity index (χ0) is 23.0. The average Bonchev–Trinajstić information content (AvgIpc) is 2.96. The SMILES string of the molecule is C[C@H](NC(=O)OC(C)(C)C)c1ccc(C2CC(N3CC[C@@H](F)C3)C2)cc1OC(F)(F)F. The molecule has 5 nitrogen and oxygen atoms in total. The van der Waals surface area contributed by atoms with Gasteiger partial charge in [-0.3, -0.25) is 4.90 Å². The second-order valence-electron chi connectivity index (χ2n) is 9.42. The van der Waals surface area contributed by atoms with E-state index in [0.717, 1.165) is 24.9 Å². The summed E-state index contributed by atoms with van der Waals surface area (Å²) in [5.41, 5.74) is 0.236. The Kier molecular flexibility index (Phi) is 6.74. The normalized spacial score (nSPS) is 25.6. The largest absolute Gasteiger partial charge is 0.573 e. The molecule has 1 amide bonds. The fourth-order valence-electron chi connectivity index (χ4n) is 4.17. The number of carbonyl (C=O) groups excluding carboxylic acids is 1. The van der Waals surface area contributed by atoms with E-state index in [1.54, 1.807) is 39.8 Å². The van der Waals surface area contributed by atoms with Crippen molar-refractivity contribution in [3.8, 4) is 5.75 Å². The number of benzene rings is 1. The first-order chi connectivity index (χ1) is 14.3. The number of amides is 1. The van der Waals surface area contributed by atoms with Crippen molar-refractivity contribution in [2.75, 3.05) is 13.1 Å². The smallest absolute Gasteiger partial charge is 0.444 e.